The van der Waals surface area contributed by atoms with Crippen molar-refractivity contribution in [2.24, 2.45) is 0 Å². The van der Waals surface area contributed by atoms with Crippen molar-refractivity contribution in [3.05, 3.63) is 29.8 Å². The van der Waals surface area contributed by atoms with E-state index in [-0.39, 0.29) is 11.9 Å². The summed E-state index contributed by atoms with van der Waals surface area (Å²) in [5.41, 5.74) is 1.10. The highest BCUT2D eigenvalue weighted by Crippen LogP contribution is 2.10. The van der Waals surface area contributed by atoms with E-state index < -0.39 is 0 Å². The molecule has 0 aromatic heterocycles. The Hall–Kier alpha value is -1.55. The number of quaternary nitrogens is 1. The smallest absolute Gasteiger partial charge is 0.278 e. The maximum atomic E-state index is 12.4. The van der Waals surface area contributed by atoms with Crippen molar-refractivity contribution in [3.63, 3.8) is 0 Å². The summed E-state index contributed by atoms with van der Waals surface area (Å²) in [5.74, 6) is 1.000. The average Bonchev–Trinajstić information content (AvgIpc) is 2.52. The average molecular weight is 305 g/mol. The van der Waals surface area contributed by atoms with Crippen molar-refractivity contribution in [2.45, 2.75) is 51.6 Å². The second-order valence-electron chi connectivity index (χ2n) is 6.21. The van der Waals surface area contributed by atoms with Crippen LogP contribution in [0.25, 0.3) is 0 Å². The molecule has 1 fully saturated rings. The lowest BCUT2D eigenvalue weighted by Gasteiger charge is -2.27. The molecule has 0 saturated carbocycles. The molecule has 1 amide bonds. The second kappa shape index (κ2) is 8.79. The van der Waals surface area contributed by atoms with Gasteiger partial charge in [-0.2, -0.15) is 0 Å². The molecular weight excluding hydrogens is 276 g/mol. The largest absolute Gasteiger partial charge is 0.497 e. The Kier molecular flexibility index (Phi) is 6.72. The standard InChI is InChI=1S/C18H28N2O2/c1-15(20-12-6-4-3-5-7-13-20)18(21)19-14-16-8-10-17(22-2)11-9-16/h8-11,15H,3-7,12-14H2,1-2H3,(H,19,21)/p+1/t15-/m0/s1. The summed E-state index contributed by atoms with van der Waals surface area (Å²) in [4.78, 5) is 13.8. The number of hydrogen-bond donors (Lipinski definition) is 2. The van der Waals surface area contributed by atoms with Crippen LogP contribution < -0.4 is 15.0 Å². The van der Waals surface area contributed by atoms with E-state index in [9.17, 15) is 4.79 Å². The van der Waals surface area contributed by atoms with E-state index in [0.717, 1.165) is 24.4 Å². The highest BCUT2D eigenvalue weighted by Gasteiger charge is 2.24. The van der Waals surface area contributed by atoms with Gasteiger partial charge in [0, 0.05) is 6.54 Å². The lowest BCUT2D eigenvalue weighted by Crippen LogP contribution is -3.16. The summed E-state index contributed by atoms with van der Waals surface area (Å²) in [6.45, 7) is 4.88. The summed E-state index contributed by atoms with van der Waals surface area (Å²) in [5, 5.41) is 3.07. The van der Waals surface area contributed by atoms with Gasteiger partial charge in [0.2, 0.25) is 0 Å². The first-order valence-electron chi connectivity index (χ1n) is 8.46. The summed E-state index contributed by atoms with van der Waals surface area (Å²) in [6, 6.07) is 7.87. The highest BCUT2D eigenvalue weighted by atomic mass is 16.5. The van der Waals surface area contributed by atoms with Gasteiger partial charge < -0.3 is 15.0 Å². The van der Waals surface area contributed by atoms with Crippen molar-refractivity contribution in [1.82, 2.24) is 5.32 Å². The molecule has 0 spiro atoms. The van der Waals surface area contributed by atoms with Crippen LogP contribution in [0.2, 0.25) is 0 Å². The van der Waals surface area contributed by atoms with Crippen LogP contribution >= 0.6 is 0 Å². The van der Waals surface area contributed by atoms with Crippen molar-refractivity contribution < 1.29 is 14.4 Å². The molecule has 4 heteroatoms. The molecule has 0 unspecified atom stereocenters. The molecule has 0 bridgehead atoms. The minimum absolute atomic E-state index is 0.0383. The van der Waals surface area contributed by atoms with Gasteiger partial charge in [0.05, 0.1) is 20.2 Å². The molecule has 1 heterocycles. The Morgan fingerprint density at radius 2 is 1.73 bits per heavy atom. The molecule has 122 valence electrons. The fraction of sp³-hybridized carbons (Fsp3) is 0.611. The van der Waals surface area contributed by atoms with E-state index in [1.54, 1.807) is 7.11 Å². The van der Waals surface area contributed by atoms with Crippen LogP contribution in [0.1, 0.15) is 44.6 Å². The van der Waals surface area contributed by atoms with Crippen LogP contribution in [-0.4, -0.2) is 32.1 Å². The molecule has 2 rings (SSSR count). The zero-order valence-corrected chi connectivity index (χ0v) is 13.9. The van der Waals surface area contributed by atoms with Gasteiger partial charge >= 0.3 is 0 Å². The Bertz CT molecular complexity index is 451. The van der Waals surface area contributed by atoms with Crippen LogP contribution in [-0.2, 0) is 11.3 Å². The molecule has 1 aliphatic heterocycles. The first-order chi connectivity index (χ1) is 10.7. The quantitative estimate of drug-likeness (QED) is 0.867. The van der Waals surface area contributed by atoms with Crippen LogP contribution in [0.3, 0.4) is 0 Å². The SMILES string of the molecule is COc1ccc(CNC(=O)[C@H](C)[NH+]2CCCCCCC2)cc1. The van der Waals surface area contributed by atoms with Crippen LogP contribution in [0.4, 0.5) is 0 Å². The molecule has 1 aromatic rings. The number of benzene rings is 1. The monoisotopic (exact) mass is 305 g/mol. The topological polar surface area (TPSA) is 42.8 Å². The van der Waals surface area contributed by atoms with Gasteiger partial charge in [-0.1, -0.05) is 18.6 Å². The lowest BCUT2D eigenvalue weighted by atomic mass is 10.1. The van der Waals surface area contributed by atoms with E-state index >= 15 is 0 Å². The number of carbonyl (C=O) groups is 1. The first kappa shape index (κ1) is 16.8. The van der Waals surface area contributed by atoms with E-state index in [1.165, 1.54) is 37.0 Å². The second-order valence-corrected chi connectivity index (χ2v) is 6.21. The van der Waals surface area contributed by atoms with Crippen LogP contribution in [0, 0.1) is 0 Å². The van der Waals surface area contributed by atoms with Gasteiger partial charge in [0.1, 0.15) is 5.75 Å². The number of ether oxygens (including phenoxy) is 1. The number of amides is 1. The zero-order valence-electron chi connectivity index (χ0n) is 13.9. The van der Waals surface area contributed by atoms with Crippen LogP contribution in [0.5, 0.6) is 5.75 Å². The molecule has 1 saturated heterocycles. The molecule has 1 aromatic carbocycles. The fourth-order valence-corrected chi connectivity index (χ4v) is 3.06. The fourth-order valence-electron chi connectivity index (χ4n) is 3.06. The van der Waals surface area contributed by atoms with E-state index in [2.05, 4.69) is 12.2 Å². The van der Waals surface area contributed by atoms with Gasteiger partial charge in [-0.15, -0.1) is 0 Å². The van der Waals surface area contributed by atoms with E-state index in [1.807, 2.05) is 24.3 Å². The number of nitrogens with one attached hydrogen (secondary N) is 2. The number of carbonyl (C=O) groups excluding carboxylic acids is 1. The summed E-state index contributed by atoms with van der Waals surface area (Å²) in [7, 11) is 1.66. The molecular formula is C18H29N2O2+. The maximum absolute atomic E-state index is 12.4. The summed E-state index contributed by atoms with van der Waals surface area (Å²) >= 11 is 0. The Morgan fingerprint density at radius 1 is 1.14 bits per heavy atom. The number of hydrogen-bond acceptors (Lipinski definition) is 2. The van der Waals surface area contributed by atoms with Gasteiger partial charge in [-0.25, -0.2) is 0 Å². The van der Waals surface area contributed by atoms with Gasteiger partial charge in [0.15, 0.2) is 6.04 Å². The molecule has 0 radical (unpaired) electrons. The van der Waals surface area contributed by atoms with Gasteiger partial charge in [-0.3, -0.25) is 4.79 Å². The van der Waals surface area contributed by atoms with E-state index in [0.29, 0.717) is 6.54 Å². The molecule has 1 aliphatic rings. The van der Waals surface area contributed by atoms with Crippen molar-refractivity contribution in [1.29, 1.82) is 0 Å². The van der Waals surface area contributed by atoms with Crippen molar-refractivity contribution >= 4 is 5.91 Å². The minimum atomic E-state index is 0.0383. The number of rotatable bonds is 5. The molecule has 22 heavy (non-hydrogen) atoms. The predicted octanol–water partition coefficient (Wildman–Crippen LogP) is 1.55. The zero-order chi connectivity index (χ0) is 15.8. The molecule has 2 N–H and O–H groups in total. The summed E-state index contributed by atoms with van der Waals surface area (Å²) < 4.78 is 5.14. The Labute approximate surface area is 133 Å². The van der Waals surface area contributed by atoms with Crippen LogP contribution in [0.15, 0.2) is 24.3 Å². The van der Waals surface area contributed by atoms with E-state index in [4.69, 9.17) is 4.74 Å². The van der Waals surface area contributed by atoms with Crippen molar-refractivity contribution in [3.8, 4) is 5.75 Å². The predicted molar refractivity (Wildman–Crippen MR) is 88.1 cm³/mol. The highest BCUT2D eigenvalue weighted by molar-refractivity contribution is 5.79. The molecule has 0 aliphatic carbocycles. The Morgan fingerprint density at radius 3 is 2.32 bits per heavy atom. The summed E-state index contributed by atoms with van der Waals surface area (Å²) in [6.07, 6.45) is 6.45. The maximum Gasteiger partial charge on any atom is 0.278 e. The third kappa shape index (κ3) is 5.02. The normalized spacial score (nSPS) is 18.1. The number of methoxy groups -OCH3 is 1. The van der Waals surface area contributed by atoms with Crippen molar-refractivity contribution in [2.75, 3.05) is 20.2 Å². The lowest BCUT2D eigenvalue weighted by molar-refractivity contribution is -0.915. The number of likely N-dealkylation sites (tertiary alicyclic amines) is 1. The molecule has 1 atom stereocenters. The van der Waals surface area contributed by atoms with Gasteiger partial charge in [-0.05, 0) is 50.3 Å². The van der Waals surface area contributed by atoms with Gasteiger partial charge in [0.25, 0.3) is 5.91 Å². The third-order valence-electron chi connectivity index (χ3n) is 4.63. The minimum Gasteiger partial charge on any atom is -0.497 e. The molecule has 4 nitrogen and oxygen atoms in total. The third-order valence-corrected chi connectivity index (χ3v) is 4.63. The Balaban J connectivity index is 1.81. The first-order valence-corrected chi connectivity index (χ1v) is 8.46.